The van der Waals surface area contributed by atoms with E-state index in [4.69, 9.17) is 11.6 Å². The van der Waals surface area contributed by atoms with E-state index in [0.717, 1.165) is 41.9 Å². The first-order valence-electron chi connectivity index (χ1n) is 9.32. The van der Waals surface area contributed by atoms with Crippen LogP contribution in [-0.4, -0.2) is 48.7 Å². The summed E-state index contributed by atoms with van der Waals surface area (Å²) in [6.07, 6.45) is 3.32. The third-order valence-corrected chi connectivity index (χ3v) is 5.60. The van der Waals surface area contributed by atoms with E-state index in [9.17, 15) is 4.79 Å². The van der Waals surface area contributed by atoms with Crippen molar-refractivity contribution in [2.45, 2.75) is 33.2 Å². The summed E-state index contributed by atoms with van der Waals surface area (Å²) in [7, 11) is 1.91. The molecule has 1 amide bonds. The van der Waals surface area contributed by atoms with E-state index < -0.39 is 0 Å². The van der Waals surface area contributed by atoms with Crippen LogP contribution >= 0.6 is 11.6 Å². The molecule has 0 aromatic carbocycles. The molecule has 1 saturated heterocycles. The maximum absolute atomic E-state index is 12.8. The van der Waals surface area contributed by atoms with Crippen molar-refractivity contribution in [3.8, 4) is 0 Å². The number of fused-ring (bicyclic) bond motifs is 1. The van der Waals surface area contributed by atoms with Crippen molar-refractivity contribution in [2.75, 3.05) is 18.0 Å². The summed E-state index contributed by atoms with van der Waals surface area (Å²) >= 11 is 6.06. The first kappa shape index (κ1) is 18.7. The lowest BCUT2D eigenvalue weighted by Crippen LogP contribution is -2.43. The molecule has 2 N–H and O–H groups in total. The standard InChI is InChI=1S/C18H23ClN8O/c1-10-13(11(2)26(3)25-10)7-20-17(28)12-5-4-6-27(8-12)16-14-15(22-9-21-14)23-18(19)24-16/h9,12H,4-8H2,1-3H3,(H,20,28)(H,21,22,23,24)/t12-/m0/s1. The fraction of sp³-hybridized carbons (Fsp3) is 0.500. The lowest BCUT2D eigenvalue weighted by molar-refractivity contribution is -0.125. The highest BCUT2D eigenvalue weighted by Crippen LogP contribution is 2.27. The molecule has 0 saturated carbocycles. The number of aromatic amines is 1. The molecule has 28 heavy (non-hydrogen) atoms. The van der Waals surface area contributed by atoms with E-state index in [2.05, 4.69) is 35.3 Å². The molecule has 1 fully saturated rings. The van der Waals surface area contributed by atoms with Gasteiger partial charge < -0.3 is 15.2 Å². The fourth-order valence-electron chi connectivity index (χ4n) is 3.80. The van der Waals surface area contributed by atoms with Crippen LogP contribution in [0.15, 0.2) is 6.33 Å². The third kappa shape index (κ3) is 3.42. The predicted molar refractivity (Wildman–Crippen MR) is 106 cm³/mol. The van der Waals surface area contributed by atoms with Gasteiger partial charge in [-0.1, -0.05) is 0 Å². The van der Waals surface area contributed by atoms with Crippen LogP contribution < -0.4 is 10.2 Å². The number of aromatic nitrogens is 6. The van der Waals surface area contributed by atoms with Gasteiger partial charge in [-0.15, -0.1) is 0 Å². The molecule has 0 unspecified atom stereocenters. The molecule has 4 rings (SSSR count). The van der Waals surface area contributed by atoms with Gasteiger partial charge in [0.15, 0.2) is 11.5 Å². The summed E-state index contributed by atoms with van der Waals surface area (Å²) < 4.78 is 1.84. The van der Waals surface area contributed by atoms with E-state index in [0.29, 0.717) is 24.6 Å². The van der Waals surface area contributed by atoms with Gasteiger partial charge >= 0.3 is 0 Å². The van der Waals surface area contributed by atoms with Gasteiger partial charge in [0.05, 0.1) is 17.9 Å². The topological polar surface area (TPSA) is 105 Å². The number of aryl methyl sites for hydroxylation is 2. The Morgan fingerprint density at radius 2 is 2.21 bits per heavy atom. The molecule has 3 aromatic rings. The number of nitrogens with zero attached hydrogens (tertiary/aromatic N) is 6. The van der Waals surface area contributed by atoms with Crippen LogP contribution in [-0.2, 0) is 18.4 Å². The number of halogens is 1. The maximum Gasteiger partial charge on any atom is 0.226 e. The summed E-state index contributed by atoms with van der Waals surface area (Å²) in [4.78, 5) is 30.6. The second kappa shape index (κ2) is 7.38. The van der Waals surface area contributed by atoms with E-state index in [1.807, 2.05) is 25.6 Å². The molecule has 0 bridgehead atoms. The largest absolute Gasteiger partial charge is 0.354 e. The van der Waals surface area contributed by atoms with Crippen molar-refractivity contribution in [3.05, 3.63) is 28.6 Å². The number of carbonyl (C=O) groups excluding carboxylic acids is 1. The van der Waals surface area contributed by atoms with Crippen LogP contribution in [0.1, 0.15) is 29.8 Å². The number of anilines is 1. The minimum absolute atomic E-state index is 0.0494. The fourth-order valence-corrected chi connectivity index (χ4v) is 3.96. The van der Waals surface area contributed by atoms with E-state index >= 15 is 0 Å². The number of hydrogen-bond acceptors (Lipinski definition) is 6. The molecule has 0 radical (unpaired) electrons. The zero-order valence-electron chi connectivity index (χ0n) is 16.2. The third-order valence-electron chi connectivity index (χ3n) is 5.43. The molecular weight excluding hydrogens is 380 g/mol. The van der Waals surface area contributed by atoms with Crippen LogP contribution in [0.25, 0.3) is 11.2 Å². The minimum atomic E-state index is -0.113. The number of rotatable bonds is 4. The lowest BCUT2D eigenvalue weighted by Gasteiger charge is -2.33. The van der Waals surface area contributed by atoms with Crippen LogP contribution in [0.2, 0.25) is 5.28 Å². The Balaban J connectivity index is 1.47. The second-order valence-electron chi connectivity index (χ2n) is 7.19. The van der Waals surface area contributed by atoms with Gasteiger partial charge in [-0.3, -0.25) is 9.48 Å². The van der Waals surface area contributed by atoms with E-state index in [-0.39, 0.29) is 17.1 Å². The Hall–Kier alpha value is -2.68. The van der Waals surface area contributed by atoms with E-state index in [1.54, 1.807) is 6.33 Å². The van der Waals surface area contributed by atoms with Crippen LogP contribution in [0.4, 0.5) is 5.82 Å². The first-order valence-corrected chi connectivity index (χ1v) is 9.70. The van der Waals surface area contributed by atoms with Gasteiger partial charge in [-0.05, 0) is 38.3 Å². The van der Waals surface area contributed by atoms with Crippen molar-refractivity contribution in [2.24, 2.45) is 13.0 Å². The van der Waals surface area contributed by atoms with Gasteiger partial charge in [0, 0.05) is 37.9 Å². The summed E-state index contributed by atoms with van der Waals surface area (Å²) in [5.74, 6) is 0.634. The van der Waals surface area contributed by atoms with Gasteiger partial charge in [-0.2, -0.15) is 15.1 Å². The summed E-state index contributed by atoms with van der Waals surface area (Å²) in [6.45, 7) is 5.86. The van der Waals surface area contributed by atoms with Crippen molar-refractivity contribution in [3.63, 3.8) is 0 Å². The number of nitrogens with one attached hydrogen (secondary N) is 2. The highest BCUT2D eigenvalue weighted by atomic mass is 35.5. The second-order valence-corrected chi connectivity index (χ2v) is 7.53. The Morgan fingerprint density at radius 1 is 1.39 bits per heavy atom. The van der Waals surface area contributed by atoms with Crippen molar-refractivity contribution >= 4 is 34.5 Å². The molecule has 1 atom stereocenters. The zero-order valence-corrected chi connectivity index (χ0v) is 16.9. The Labute approximate surface area is 167 Å². The maximum atomic E-state index is 12.8. The summed E-state index contributed by atoms with van der Waals surface area (Å²) in [5, 5.41) is 7.64. The smallest absolute Gasteiger partial charge is 0.226 e. The Morgan fingerprint density at radius 3 is 2.96 bits per heavy atom. The highest BCUT2D eigenvalue weighted by molar-refractivity contribution is 6.28. The zero-order chi connectivity index (χ0) is 19.8. The van der Waals surface area contributed by atoms with Gasteiger partial charge in [0.2, 0.25) is 11.2 Å². The first-order chi connectivity index (χ1) is 13.4. The number of H-pyrrole nitrogens is 1. The molecule has 1 aliphatic rings. The molecule has 1 aliphatic heterocycles. The molecule has 10 heteroatoms. The monoisotopic (exact) mass is 402 g/mol. The molecule has 0 spiro atoms. The number of carbonyl (C=O) groups is 1. The Kier molecular flexibility index (Phi) is 4.92. The molecule has 148 valence electrons. The number of piperidine rings is 1. The molecule has 3 aromatic heterocycles. The summed E-state index contributed by atoms with van der Waals surface area (Å²) in [6, 6.07) is 0. The number of hydrogen-bond donors (Lipinski definition) is 2. The highest BCUT2D eigenvalue weighted by Gasteiger charge is 2.28. The average Bonchev–Trinajstić information content (AvgIpc) is 3.24. The molecule has 9 nitrogen and oxygen atoms in total. The van der Waals surface area contributed by atoms with Gasteiger partial charge in [-0.25, -0.2) is 4.98 Å². The normalized spacial score (nSPS) is 17.3. The number of imidazole rings is 1. The van der Waals surface area contributed by atoms with E-state index in [1.165, 1.54) is 0 Å². The Bertz CT molecular complexity index is 1030. The summed E-state index contributed by atoms with van der Waals surface area (Å²) in [5.41, 5.74) is 4.37. The SMILES string of the molecule is Cc1nn(C)c(C)c1CNC(=O)[C@H]1CCCN(c2nc(Cl)nc3nc[nH]c23)C1. The number of amides is 1. The van der Waals surface area contributed by atoms with Crippen LogP contribution in [0, 0.1) is 19.8 Å². The molecule has 4 heterocycles. The minimum Gasteiger partial charge on any atom is -0.354 e. The van der Waals surface area contributed by atoms with Gasteiger partial charge in [0.1, 0.15) is 5.52 Å². The molecular formula is C18H23ClN8O. The lowest BCUT2D eigenvalue weighted by atomic mass is 9.97. The van der Waals surface area contributed by atoms with Crippen molar-refractivity contribution in [1.29, 1.82) is 0 Å². The molecule has 0 aliphatic carbocycles. The average molecular weight is 403 g/mol. The van der Waals surface area contributed by atoms with Gasteiger partial charge in [0.25, 0.3) is 0 Å². The van der Waals surface area contributed by atoms with Crippen molar-refractivity contribution < 1.29 is 4.79 Å². The van der Waals surface area contributed by atoms with Crippen LogP contribution in [0.5, 0.6) is 0 Å². The predicted octanol–water partition coefficient (Wildman–Crippen LogP) is 1.89. The van der Waals surface area contributed by atoms with Crippen molar-refractivity contribution in [1.82, 2.24) is 35.0 Å². The quantitative estimate of drug-likeness (QED) is 0.646. The van der Waals surface area contributed by atoms with Crippen LogP contribution in [0.3, 0.4) is 0 Å².